The zero-order valence-electron chi connectivity index (χ0n) is 16.5. The first-order valence-corrected chi connectivity index (χ1v) is 9.80. The number of aryl methyl sites for hydroxylation is 1. The molecule has 6 heteroatoms. The highest BCUT2D eigenvalue weighted by Crippen LogP contribution is 2.21. The maximum atomic E-state index is 12.2. The van der Waals surface area contributed by atoms with E-state index in [1.54, 1.807) is 36.4 Å². The molecule has 0 saturated heterocycles. The number of carbonyl (C=O) groups is 2. The van der Waals surface area contributed by atoms with E-state index in [-0.39, 0.29) is 19.0 Å². The van der Waals surface area contributed by atoms with Crippen LogP contribution in [0.5, 0.6) is 11.5 Å². The third-order valence-corrected chi connectivity index (χ3v) is 4.68. The van der Waals surface area contributed by atoms with E-state index in [9.17, 15) is 9.59 Å². The van der Waals surface area contributed by atoms with E-state index in [1.165, 1.54) is 6.07 Å². The Hall–Kier alpha value is -3.31. The smallest absolute Gasteiger partial charge is 0.349 e. The Morgan fingerprint density at radius 2 is 1.70 bits per heavy atom. The molecule has 0 atom stereocenters. The summed E-state index contributed by atoms with van der Waals surface area (Å²) in [5, 5.41) is 0.623. The van der Waals surface area contributed by atoms with Gasteiger partial charge in [-0.05, 0) is 54.4 Å². The quantitative estimate of drug-likeness (QED) is 0.375. The highest BCUT2D eigenvalue weighted by Gasteiger charge is 2.11. The average Bonchev–Trinajstić information content (AvgIpc) is 2.75. The van der Waals surface area contributed by atoms with Crippen molar-refractivity contribution >= 4 is 23.5 Å². The molecule has 0 saturated carbocycles. The van der Waals surface area contributed by atoms with E-state index < -0.39 is 11.9 Å². The van der Waals surface area contributed by atoms with E-state index in [1.807, 2.05) is 37.3 Å². The zero-order chi connectivity index (χ0) is 21.3. The summed E-state index contributed by atoms with van der Waals surface area (Å²) < 4.78 is 16.0. The summed E-state index contributed by atoms with van der Waals surface area (Å²) in [5.41, 5.74) is 2.24. The van der Waals surface area contributed by atoms with Crippen LogP contribution in [-0.4, -0.2) is 25.2 Å². The third kappa shape index (κ3) is 6.36. The maximum absolute atomic E-state index is 12.2. The van der Waals surface area contributed by atoms with Gasteiger partial charge in [0.2, 0.25) is 0 Å². The van der Waals surface area contributed by atoms with E-state index in [4.69, 9.17) is 25.8 Å². The molecule has 3 aromatic rings. The fraction of sp³-hybridized carbons (Fsp3) is 0.167. The monoisotopic (exact) mass is 424 g/mol. The minimum Gasteiger partial charge on any atom is -0.482 e. The third-order valence-electron chi connectivity index (χ3n) is 4.25. The Labute approximate surface area is 180 Å². The molecule has 0 aliphatic carbocycles. The minimum absolute atomic E-state index is 0.244. The van der Waals surface area contributed by atoms with Crippen LogP contribution in [0.3, 0.4) is 0 Å². The second-order valence-electron chi connectivity index (χ2n) is 6.57. The first kappa shape index (κ1) is 21.4. The van der Waals surface area contributed by atoms with Gasteiger partial charge in [-0.15, -0.1) is 0 Å². The van der Waals surface area contributed by atoms with Gasteiger partial charge in [-0.3, -0.25) is 0 Å². The molecule has 0 spiro atoms. The van der Waals surface area contributed by atoms with Gasteiger partial charge in [0, 0.05) is 11.4 Å². The zero-order valence-corrected chi connectivity index (χ0v) is 17.2. The van der Waals surface area contributed by atoms with Crippen molar-refractivity contribution in [2.45, 2.75) is 13.3 Å². The van der Waals surface area contributed by atoms with Crippen LogP contribution in [0.4, 0.5) is 0 Å². The summed E-state index contributed by atoms with van der Waals surface area (Å²) in [6.45, 7) is 1.84. The largest absolute Gasteiger partial charge is 0.482 e. The van der Waals surface area contributed by atoms with Gasteiger partial charge in [0.05, 0.1) is 12.2 Å². The van der Waals surface area contributed by atoms with Crippen molar-refractivity contribution in [2.24, 2.45) is 0 Å². The molecular weight excluding hydrogens is 404 g/mol. The van der Waals surface area contributed by atoms with Gasteiger partial charge in [0.1, 0.15) is 11.5 Å². The van der Waals surface area contributed by atoms with Gasteiger partial charge in [-0.2, -0.15) is 0 Å². The molecule has 0 radical (unpaired) electrons. The van der Waals surface area contributed by atoms with E-state index in [0.29, 0.717) is 22.8 Å². The predicted octanol–water partition coefficient (Wildman–Crippen LogP) is 5.03. The van der Waals surface area contributed by atoms with Crippen LogP contribution in [0.1, 0.15) is 21.5 Å². The van der Waals surface area contributed by atoms with Gasteiger partial charge in [0.15, 0.2) is 6.61 Å². The van der Waals surface area contributed by atoms with Gasteiger partial charge in [-0.25, -0.2) is 9.59 Å². The number of rotatable bonds is 8. The lowest BCUT2D eigenvalue weighted by molar-refractivity contribution is -0.136. The van der Waals surface area contributed by atoms with Crippen LogP contribution < -0.4 is 9.47 Å². The summed E-state index contributed by atoms with van der Waals surface area (Å²) in [7, 11) is 0. The standard InChI is InChI=1S/C24H21ClO5/c1-17-14-20(10-11-22(17)25)29-16-23(26)30-21-9-5-8-19(15-21)24(27)28-13-12-18-6-3-2-4-7-18/h2-11,14-15H,12-13,16H2,1H3. The lowest BCUT2D eigenvalue weighted by atomic mass is 10.2. The molecule has 3 aromatic carbocycles. The summed E-state index contributed by atoms with van der Waals surface area (Å²) in [5.74, 6) is -0.299. The van der Waals surface area contributed by atoms with Crippen LogP contribution in [0.15, 0.2) is 72.8 Å². The summed E-state index contributed by atoms with van der Waals surface area (Å²) in [6, 6.07) is 21.2. The Balaban J connectivity index is 1.49. The molecule has 0 aliphatic heterocycles. The number of benzene rings is 3. The van der Waals surface area contributed by atoms with Crippen molar-refractivity contribution in [3.05, 3.63) is 94.5 Å². The van der Waals surface area contributed by atoms with Gasteiger partial charge >= 0.3 is 11.9 Å². The number of hydrogen-bond acceptors (Lipinski definition) is 5. The molecule has 0 bridgehead atoms. The molecule has 0 N–H and O–H groups in total. The highest BCUT2D eigenvalue weighted by atomic mass is 35.5. The summed E-state index contributed by atoms with van der Waals surface area (Å²) in [6.07, 6.45) is 0.628. The number of esters is 2. The van der Waals surface area contributed by atoms with E-state index in [0.717, 1.165) is 11.1 Å². The van der Waals surface area contributed by atoms with Crippen LogP contribution in [0.25, 0.3) is 0 Å². The molecule has 0 amide bonds. The molecule has 3 rings (SSSR count). The van der Waals surface area contributed by atoms with Crippen LogP contribution >= 0.6 is 11.6 Å². The average molecular weight is 425 g/mol. The molecule has 30 heavy (non-hydrogen) atoms. The molecule has 0 aliphatic rings. The summed E-state index contributed by atoms with van der Waals surface area (Å²) in [4.78, 5) is 24.3. The fourth-order valence-electron chi connectivity index (χ4n) is 2.69. The van der Waals surface area contributed by atoms with Crippen molar-refractivity contribution in [1.29, 1.82) is 0 Å². The molecule has 0 heterocycles. The Morgan fingerprint density at radius 3 is 2.47 bits per heavy atom. The normalized spacial score (nSPS) is 10.3. The first-order chi connectivity index (χ1) is 14.5. The number of carbonyl (C=O) groups excluding carboxylic acids is 2. The van der Waals surface area contributed by atoms with Crippen LogP contribution in [-0.2, 0) is 16.0 Å². The minimum atomic E-state index is -0.586. The van der Waals surface area contributed by atoms with Crippen LogP contribution in [0, 0.1) is 6.92 Å². The Bertz CT molecular complexity index is 1020. The highest BCUT2D eigenvalue weighted by molar-refractivity contribution is 6.31. The SMILES string of the molecule is Cc1cc(OCC(=O)Oc2cccc(C(=O)OCCc3ccccc3)c2)ccc1Cl. The van der Waals surface area contributed by atoms with Crippen molar-refractivity contribution < 1.29 is 23.8 Å². The van der Waals surface area contributed by atoms with Gasteiger partial charge in [-0.1, -0.05) is 48.0 Å². The van der Waals surface area contributed by atoms with Crippen molar-refractivity contribution in [2.75, 3.05) is 13.2 Å². The predicted molar refractivity (Wildman–Crippen MR) is 114 cm³/mol. The molecule has 5 nitrogen and oxygen atoms in total. The van der Waals surface area contributed by atoms with Gasteiger partial charge < -0.3 is 14.2 Å². The molecule has 154 valence electrons. The molecule has 0 unspecified atom stereocenters. The van der Waals surface area contributed by atoms with Crippen LogP contribution in [0.2, 0.25) is 5.02 Å². The fourth-order valence-corrected chi connectivity index (χ4v) is 2.80. The lowest BCUT2D eigenvalue weighted by Crippen LogP contribution is -2.18. The lowest BCUT2D eigenvalue weighted by Gasteiger charge is -2.09. The van der Waals surface area contributed by atoms with Gasteiger partial charge in [0.25, 0.3) is 0 Å². The van der Waals surface area contributed by atoms with E-state index >= 15 is 0 Å². The number of halogens is 1. The first-order valence-electron chi connectivity index (χ1n) is 9.42. The number of ether oxygens (including phenoxy) is 3. The van der Waals surface area contributed by atoms with Crippen molar-refractivity contribution in [1.82, 2.24) is 0 Å². The topological polar surface area (TPSA) is 61.8 Å². The number of hydrogen-bond donors (Lipinski definition) is 0. The molecular formula is C24H21ClO5. The Kier molecular flexibility index (Phi) is 7.46. The molecule has 0 aromatic heterocycles. The Morgan fingerprint density at radius 1 is 0.900 bits per heavy atom. The second kappa shape index (κ2) is 10.5. The van der Waals surface area contributed by atoms with Crippen molar-refractivity contribution in [3.8, 4) is 11.5 Å². The maximum Gasteiger partial charge on any atom is 0.349 e. The van der Waals surface area contributed by atoms with E-state index in [2.05, 4.69) is 0 Å². The molecule has 0 fully saturated rings. The van der Waals surface area contributed by atoms with Crippen molar-refractivity contribution in [3.63, 3.8) is 0 Å². The summed E-state index contributed by atoms with van der Waals surface area (Å²) >= 11 is 5.97. The second-order valence-corrected chi connectivity index (χ2v) is 6.98.